The molecule has 1 heterocycles. The lowest BCUT2D eigenvalue weighted by Gasteiger charge is -2.15. The number of rotatable bonds is 1. The van der Waals surface area contributed by atoms with Crippen LogP contribution in [0.4, 0.5) is 0 Å². The maximum absolute atomic E-state index is 10.9. The maximum atomic E-state index is 10.9. The van der Waals surface area contributed by atoms with Gasteiger partial charge in [-0.2, -0.15) is 0 Å². The fourth-order valence-corrected chi connectivity index (χ4v) is 2.80. The van der Waals surface area contributed by atoms with E-state index in [1.165, 1.54) is 12.0 Å². The van der Waals surface area contributed by atoms with Gasteiger partial charge >= 0.3 is 0 Å². The number of aromatic hydroxyl groups is 1. The van der Waals surface area contributed by atoms with Crippen LogP contribution in [0.25, 0.3) is 11.8 Å². The lowest BCUT2D eigenvalue weighted by molar-refractivity contribution is -0.104. The van der Waals surface area contributed by atoms with Crippen molar-refractivity contribution >= 4 is 30.2 Å². The van der Waals surface area contributed by atoms with E-state index in [0.29, 0.717) is 5.57 Å². The van der Waals surface area contributed by atoms with Gasteiger partial charge in [-0.05, 0) is 17.7 Å². The molecule has 1 aromatic rings. The van der Waals surface area contributed by atoms with Gasteiger partial charge in [-0.3, -0.25) is 4.79 Å². The number of carbonyl (C=O) groups is 1. The summed E-state index contributed by atoms with van der Waals surface area (Å²) in [4.78, 5) is 10.9. The highest BCUT2D eigenvalue weighted by Crippen LogP contribution is 2.29. The molecule has 90 valence electrons. The monoisotopic (exact) mass is 258 g/mol. The number of allylic oxidation sites excluding steroid dienone is 3. The molecule has 0 fully saturated rings. The zero-order chi connectivity index (χ0) is 12.5. The molecule has 4 heteroatoms. The summed E-state index contributed by atoms with van der Waals surface area (Å²) in [5, 5.41) is 11.6. The summed E-state index contributed by atoms with van der Waals surface area (Å²) in [7, 11) is 0. The SMILES string of the molecule is O=CC1=CC2=c3c(O)cccc3=COSC2C=C1. The molecule has 1 N–H and O–H groups in total. The zero-order valence-electron chi connectivity index (χ0n) is 9.37. The maximum Gasteiger partial charge on any atom is 0.150 e. The first kappa shape index (κ1) is 11.2. The van der Waals surface area contributed by atoms with Crippen LogP contribution in [0.5, 0.6) is 5.75 Å². The van der Waals surface area contributed by atoms with Crippen LogP contribution in [0.1, 0.15) is 0 Å². The van der Waals surface area contributed by atoms with Crippen molar-refractivity contribution < 1.29 is 14.1 Å². The van der Waals surface area contributed by atoms with Crippen LogP contribution in [-0.4, -0.2) is 16.6 Å². The van der Waals surface area contributed by atoms with Gasteiger partial charge in [-0.1, -0.05) is 24.3 Å². The molecule has 0 saturated carbocycles. The highest BCUT2D eigenvalue weighted by Gasteiger charge is 2.20. The van der Waals surface area contributed by atoms with Gasteiger partial charge in [-0.15, -0.1) is 0 Å². The highest BCUT2D eigenvalue weighted by atomic mass is 32.2. The number of hydrogen-bond acceptors (Lipinski definition) is 4. The zero-order valence-corrected chi connectivity index (χ0v) is 10.2. The Balaban J connectivity index is 2.41. The van der Waals surface area contributed by atoms with E-state index in [2.05, 4.69) is 0 Å². The van der Waals surface area contributed by atoms with Crippen LogP contribution >= 0.6 is 12.0 Å². The van der Waals surface area contributed by atoms with E-state index in [4.69, 9.17) is 4.18 Å². The predicted octanol–water partition coefficient (Wildman–Crippen LogP) is 1.02. The Hall–Kier alpha value is -1.94. The lowest BCUT2D eigenvalue weighted by Crippen LogP contribution is -2.28. The number of fused-ring (bicyclic) bond motifs is 2. The number of phenols is 1. The largest absolute Gasteiger partial charge is 0.507 e. The van der Waals surface area contributed by atoms with Crippen LogP contribution in [-0.2, 0) is 8.98 Å². The molecule has 1 aromatic carbocycles. The molecular weight excluding hydrogens is 248 g/mol. The van der Waals surface area contributed by atoms with E-state index in [0.717, 1.165) is 22.3 Å². The Bertz CT molecular complexity index is 685. The molecule has 0 spiro atoms. The first-order valence-corrected chi connectivity index (χ1v) is 6.29. The van der Waals surface area contributed by atoms with Crippen molar-refractivity contribution in [2.45, 2.75) is 5.25 Å². The molecule has 0 saturated heterocycles. The van der Waals surface area contributed by atoms with E-state index in [-0.39, 0.29) is 11.0 Å². The Kier molecular flexibility index (Phi) is 2.72. The van der Waals surface area contributed by atoms with Crippen LogP contribution < -0.4 is 10.4 Å². The van der Waals surface area contributed by atoms with Crippen molar-refractivity contribution in [1.82, 2.24) is 0 Å². The molecule has 18 heavy (non-hydrogen) atoms. The molecule has 1 unspecified atom stereocenters. The highest BCUT2D eigenvalue weighted by molar-refractivity contribution is 7.96. The molecule has 0 amide bonds. The van der Waals surface area contributed by atoms with Gasteiger partial charge in [0.1, 0.15) is 18.3 Å². The smallest absolute Gasteiger partial charge is 0.150 e. The first-order chi connectivity index (χ1) is 8.79. The van der Waals surface area contributed by atoms with Gasteiger partial charge in [0.25, 0.3) is 0 Å². The minimum absolute atomic E-state index is 0.0144. The molecule has 1 aliphatic carbocycles. The number of carbonyl (C=O) groups excluding carboxylic acids is 1. The van der Waals surface area contributed by atoms with E-state index >= 15 is 0 Å². The van der Waals surface area contributed by atoms with E-state index in [9.17, 15) is 9.90 Å². The normalized spacial score (nSPS) is 20.8. The van der Waals surface area contributed by atoms with Crippen LogP contribution in [0.15, 0.2) is 42.0 Å². The molecule has 3 rings (SSSR count). The van der Waals surface area contributed by atoms with Gasteiger partial charge in [0, 0.05) is 16.0 Å². The van der Waals surface area contributed by atoms with Gasteiger partial charge in [0.15, 0.2) is 0 Å². The van der Waals surface area contributed by atoms with E-state index in [1.54, 1.807) is 30.5 Å². The molecule has 1 atom stereocenters. The summed E-state index contributed by atoms with van der Waals surface area (Å²) in [5.74, 6) is 0.201. The van der Waals surface area contributed by atoms with Crippen LogP contribution in [0, 0.1) is 0 Å². The second-order valence-corrected chi connectivity index (χ2v) is 4.94. The fraction of sp³-hybridized carbons (Fsp3) is 0.0714. The van der Waals surface area contributed by atoms with E-state index in [1.807, 2.05) is 12.1 Å². The van der Waals surface area contributed by atoms with Crippen molar-refractivity contribution in [3.63, 3.8) is 0 Å². The number of benzene rings is 1. The van der Waals surface area contributed by atoms with E-state index < -0.39 is 0 Å². The molecule has 0 radical (unpaired) electrons. The lowest BCUT2D eigenvalue weighted by atomic mass is 9.98. The van der Waals surface area contributed by atoms with Crippen LogP contribution in [0.2, 0.25) is 0 Å². The molecule has 3 nitrogen and oxygen atoms in total. The Morgan fingerprint density at radius 2 is 2.28 bits per heavy atom. The summed E-state index contributed by atoms with van der Waals surface area (Å²) >= 11 is 1.29. The molecular formula is C14H10O3S. The average molecular weight is 258 g/mol. The van der Waals surface area contributed by atoms with Crippen molar-refractivity contribution in [2.24, 2.45) is 0 Å². The van der Waals surface area contributed by atoms with Crippen LogP contribution in [0.3, 0.4) is 0 Å². The summed E-state index contributed by atoms with van der Waals surface area (Å²) < 4.78 is 5.41. The third-order valence-corrected chi connectivity index (χ3v) is 3.75. The van der Waals surface area contributed by atoms with Gasteiger partial charge in [0.05, 0.1) is 17.3 Å². The van der Waals surface area contributed by atoms with Gasteiger partial charge in [0.2, 0.25) is 0 Å². The second kappa shape index (κ2) is 4.38. The molecule has 0 bridgehead atoms. The summed E-state index contributed by atoms with van der Waals surface area (Å²) in [6, 6.07) is 5.28. The second-order valence-electron chi connectivity index (χ2n) is 4.05. The minimum Gasteiger partial charge on any atom is -0.507 e. The molecule has 0 aromatic heterocycles. The Morgan fingerprint density at radius 1 is 1.39 bits per heavy atom. The Morgan fingerprint density at radius 3 is 3.11 bits per heavy atom. The number of hydrogen-bond donors (Lipinski definition) is 1. The molecule has 1 aliphatic heterocycles. The summed E-state index contributed by atoms with van der Waals surface area (Å²) in [6.07, 6.45) is 7.89. The molecule has 2 aliphatic rings. The summed E-state index contributed by atoms with van der Waals surface area (Å²) in [5.41, 5.74) is 1.49. The third kappa shape index (κ3) is 1.75. The van der Waals surface area contributed by atoms with Crippen molar-refractivity contribution in [3.8, 4) is 5.75 Å². The predicted molar refractivity (Wildman–Crippen MR) is 71.0 cm³/mol. The summed E-state index contributed by atoms with van der Waals surface area (Å²) in [6.45, 7) is 0. The van der Waals surface area contributed by atoms with Crippen molar-refractivity contribution in [1.29, 1.82) is 0 Å². The quantitative estimate of drug-likeness (QED) is 0.603. The van der Waals surface area contributed by atoms with Crippen molar-refractivity contribution in [3.05, 3.63) is 52.4 Å². The average Bonchev–Trinajstić information content (AvgIpc) is 2.58. The van der Waals surface area contributed by atoms with Crippen molar-refractivity contribution in [2.75, 3.05) is 0 Å². The first-order valence-electron chi connectivity index (χ1n) is 5.49. The Labute approximate surface area is 108 Å². The van der Waals surface area contributed by atoms with Gasteiger partial charge < -0.3 is 9.29 Å². The number of phenolic OH excluding ortho intramolecular Hbond substituents is 1. The van der Waals surface area contributed by atoms with Gasteiger partial charge in [-0.25, -0.2) is 0 Å². The third-order valence-electron chi connectivity index (χ3n) is 2.93. The topological polar surface area (TPSA) is 46.5 Å². The number of aldehydes is 1. The standard InChI is InChI=1S/C14H10O3S/c15-7-9-4-5-13-11(6-9)14-10(8-17-18-13)2-1-3-12(14)16/h1-8,13,16H. The minimum atomic E-state index is -0.0144. The fourth-order valence-electron chi connectivity index (χ4n) is 2.09.